The van der Waals surface area contributed by atoms with Crippen LogP contribution in [0.4, 0.5) is 0 Å². The summed E-state index contributed by atoms with van der Waals surface area (Å²) in [7, 11) is 4.70. The van der Waals surface area contributed by atoms with Gasteiger partial charge in [0, 0.05) is 0 Å². The van der Waals surface area contributed by atoms with Gasteiger partial charge in [-0.2, -0.15) is 0 Å². The summed E-state index contributed by atoms with van der Waals surface area (Å²) in [6, 6.07) is 10.8. The zero-order chi connectivity index (χ0) is 23.0. The second-order valence-electron chi connectivity index (χ2n) is 8.00. The van der Waals surface area contributed by atoms with Crippen molar-refractivity contribution in [1.82, 2.24) is 0 Å². The molecule has 0 aliphatic heterocycles. The van der Waals surface area contributed by atoms with Crippen LogP contribution in [-0.4, -0.2) is 44.6 Å². The second kappa shape index (κ2) is 10.9. The maximum Gasteiger partial charge on any atom is 0.344 e. The van der Waals surface area contributed by atoms with E-state index in [0.29, 0.717) is 41.4 Å². The molecule has 0 aliphatic carbocycles. The summed E-state index contributed by atoms with van der Waals surface area (Å²) in [6.07, 6.45) is 0.303. The molecule has 2 rings (SSSR count). The molecule has 0 spiro atoms. The van der Waals surface area contributed by atoms with Crippen LogP contribution in [0.1, 0.15) is 44.4 Å². The number of methoxy groups -OCH3 is 3. The quantitative estimate of drug-likeness (QED) is 0.566. The number of carbonyl (C=O) groups excluding carboxylic acids is 1. The number of aryl methyl sites for hydroxylation is 1. The first-order valence-electron chi connectivity index (χ1n) is 10.1. The highest BCUT2D eigenvalue weighted by atomic mass is 16.6. The van der Waals surface area contributed by atoms with Gasteiger partial charge in [-0.3, -0.25) is 0 Å². The fourth-order valence-corrected chi connectivity index (χ4v) is 3.14. The number of benzene rings is 2. The minimum absolute atomic E-state index is 0.195. The fraction of sp³-hybridized carbons (Fsp3) is 0.458. The van der Waals surface area contributed by atoms with Crippen molar-refractivity contribution in [3.8, 4) is 23.0 Å². The van der Waals surface area contributed by atoms with Gasteiger partial charge < -0.3 is 28.8 Å². The molecule has 0 fully saturated rings. The third-order valence-electron chi connectivity index (χ3n) is 4.49. The van der Waals surface area contributed by atoms with Crippen LogP contribution in [0.25, 0.3) is 0 Å². The number of esters is 1. The molecule has 170 valence electrons. The molecule has 0 heterocycles. The largest absolute Gasteiger partial charge is 0.493 e. The fourth-order valence-electron chi connectivity index (χ4n) is 3.14. The minimum Gasteiger partial charge on any atom is -0.493 e. The Labute approximate surface area is 183 Å². The van der Waals surface area contributed by atoms with Crippen molar-refractivity contribution in [3.63, 3.8) is 0 Å². The molecule has 0 saturated carbocycles. The Morgan fingerprint density at radius 2 is 1.71 bits per heavy atom. The third-order valence-corrected chi connectivity index (χ3v) is 4.49. The van der Waals surface area contributed by atoms with E-state index in [0.717, 1.165) is 5.56 Å². The molecule has 2 aromatic rings. The molecule has 1 atom stereocenters. The standard InChI is InChI=1S/C24H32O7/c1-24(2,3)31-21(26)15-30-18-9-7-8-17(14-18)19(25)12-10-16-11-13-20(27-4)23(29-6)22(16)28-5/h7-9,11,13-14,19,25H,10,12,15H2,1-6H3. The third kappa shape index (κ3) is 7.07. The van der Waals surface area contributed by atoms with E-state index >= 15 is 0 Å². The van der Waals surface area contributed by atoms with E-state index in [1.54, 1.807) is 60.3 Å². The van der Waals surface area contributed by atoms with Gasteiger partial charge in [-0.05, 0) is 62.9 Å². The van der Waals surface area contributed by atoms with E-state index in [1.807, 2.05) is 18.2 Å². The Bertz CT molecular complexity index is 871. The molecule has 1 N–H and O–H groups in total. The van der Waals surface area contributed by atoms with Crippen molar-refractivity contribution in [3.05, 3.63) is 47.5 Å². The van der Waals surface area contributed by atoms with E-state index in [4.69, 9.17) is 23.7 Å². The van der Waals surface area contributed by atoms with Crippen molar-refractivity contribution >= 4 is 5.97 Å². The summed E-state index contributed by atoms with van der Waals surface area (Å²) in [4.78, 5) is 11.8. The monoisotopic (exact) mass is 432 g/mol. The van der Waals surface area contributed by atoms with E-state index in [-0.39, 0.29) is 6.61 Å². The van der Waals surface area contributed by atoms with Gasteiger partial charge in [-0.1, -0.05) is 18.2 Å². The number of aliphatic hydroxyl groups is 1. The molecule has 0 saturated heterocycles. The number of rotatable bonds is 10. The number of hydrogen-bond donors (Lipinski definition) is 1. The Hall–Kier alpha value is -2.93. The highest BCUT2D eigenvalue weighted by Gasteiger charge is 2.18. The molecular weight excluding hydrogens is 400 g/mol. The molecule has 0 aliphatic rings. The van der Waals surface area contributed by atoms with E-state index in [2.05, 4.69) is 0 Å². The van der Waals surface area contributed by atoms with Gasteiger partial charge in [0.1, 0.15) is 11.4 Å². The SMILES string of the molecule is COc1ccc(CCC(O)c2cccc(OCC(=O)OC(C)(C)C)c2)c(OC)c1OC. The zero-order valence-corrected chi connectivity index (χ0v) is 19.1. The van der Waals surface area contributed by atoms with Crippen molar-refractivity contribution in [2.45, 2.75) is 45.3 Å². The van der Waals surface area contributed by atoms with Gasteiger partial charge in [0.05, 0.1) is 27.4 Å². The molecule has 1 unspecified atom stereocenters. The van der Waals surface area contributed by atoms with Gasteiger partial charge >= 0.3 is 5.97 Å². The first-order chi connectivity index (χ1) is 14.7. The summed E-state index contributed by atoms with van der Waals surface area (Å²) >= 11 is 0. The number of carbonyl (C=O) groups is 1. The lowest BCUT2D eigenvalue weighted by Gasteiger charge is -2.19. The van der Waals surface area contributed by atoms with E-state index in [9.17, 15) is 9.90 Å². The lowest BCUT2D eigenvalue weighted by Crippen LogP contribution is -2.27. The molecule has 0 bridgehead atoms. The molecule has 0 radical (unpaired) electrons. The van der Waals surface area contributed by atoms with Crippen LogP contribution in [0.3, 0.4) is 0 Å². The smallest absolute Gasteiger partial charge is 0.344 e. The normalized spacial score (nSPS) is 12.1. The first-order valence-corrected chi connectivity index (χ1v) is 10.1. The lowest BCUT2D eigenvalue weighted by molar-refractivity contribution is -0.157. The average Bonchev–Trinajstić information content (AvgIpc) is 2.74. The van der Waals surface area contributed by atoms with Crippen LogP contribution in [0.5, 0.6) is 23.0 Å². The predicted octanol–water partition coefficient (Wildman–Crippen LogP) is 4.10. The Morgan fingerprint density at radius 3 is 2.32 bits per heavy atom. The molecule has 31 heavy (non-hydrogen) atoms. The Morgan fingerprint density at radius 1 is 1.00 bits per heavy atom. The minimum atomic E-state index is -0.720. The van der Waals surface area contributed by atoms with Crippen LogP contribution in [0, 0.1) is 0 Å². The molecule has 2 aromatic carbocycles. The van der Waals surface area contributed by atoms with Crippen molar-refractivity contribution in [2.24, 2.45) is 0 Å². The van der Waals surface area contributed by atoms with Gasteiger partial charge in [-0.25, -0.2) is 4.79 Å². The maximum atomic E-state index is 11.8. The van der Waals surface area contributed by atoms with Crippen LogP contribution >= 0.6 is 0 Å². The average molecular weight is 433 g/mol. The summed E-state index contributed by atoms with van der Waals surface area (Å²) in [5, 5.41) is 10.7. The summed E-state index contributed by atoms with van der Waals surface area (Å²) in [5.74, 6) is 1.74. The van der Waals surface area contributed by atoms with Gasteiger partial charge in [-0.15, -0.1) is 0 Å². The van der Waals surface area contributed by atoms with Crippen LogP contribution in [0.15, 0.2) is 36.4 Å². The summed E-state index contributed by atoms with van der Waals surface area (Å²) in [6.45, 7) is 5.21. The van der Waals surface area contributed by atoms with Crippen molar-refractivity contribution in [1.29, 1.82) is 0 Å². The zero-order valence-electron chi connectivity index (χ0n) is 19.1. The van der Waals surface area contributed by atoms with Gasteiger partial charge in [0.15, 0.2) is 18.1 Å². The molecule has 7 heteroatoms. The molecular formula is C24H32O7. The summed E-state index contributed by atoms with van der Waals surface area (Å²) < 4.78 is 27.0. The van der Waals surface area contributed by atoms with E-state index in [1.165, 1.54) is 0 Å². The highest BCUT2D eigenvalue weighted by molar-refractivity contribution is 5.71. The number of ether oxygens (including phenoxy) is 5. The Balaban J connectivity index is 2.03. The lowest BCUT2D eigenvalue weighted by atomic mass is 10.00. The number of aliphatic hydroxyl groups excluding tert-OH is 1. The van der Waals surface area contributed by atoms with Gasteiger partial charge in [0.2, 0.25) is 5.75 Å². The van der Waals surface area contributed by atoms with Gasteiger partial charge in [0.25, 0.3) is 0 Å². The topological polar surface area (TPSA) is 83.5 Å². The predicted molar refractivity (Wildman–Crippen MR) is 117 cm³/mol. The van der Waals surface area contributed by atoms with Crippen LogP contribution < -0.4 is 18.9 Å². The summed E-state index contributed by atoms with van der Waals surface area (Å²) in [5.41, 5.74) is 1.03. The van der Waals surface area contributed by atoms with Crippen LogP contribution in [0.2, 0.25) is 0 Å². The molecule has 0 aromatic heterocycles. The highest BCUT2D eigenvalue weighted by Crippen LogP contribution is 2.40. The van der Waals surface area contributed by atoms with Crippen molar-refractivity contribution in [2.75, 3.05) is 27.9 Å². The van der Waals surface area contributed by atoms with Crippen molar-refractivity contribution < 1.29 is 33.6 Å². The Kier molecular flexibility index (Phi) is 8.56. The molecule has 0 amide bonds. The second-order valence-corrected chi connectivity index (χ2v) is 8.00. The van der Waals surface area contributed by atoms with E-state index < -0.39 is 17.7 Å². The van der Waals surface area contributed by atoms with Crippen LogP contribution in [-0.2, 0) is 16.0 Å². The molecule has 7 nitrogen and oxygen atoms in total. The first kappa shape index (κ1) is 24.3. The maximum absolute atomic E-state index is 11.8. The number of hydrogen-bond acceptors (Lipinski definition) is 7.